The van der Waals surface area contributed by atoms with E-state index in [1.165, 1.54) is 12.8 Å². The number of nitrogens with zero attached hydrogens (tertiary/aromatic N) is 1. The van der Waals surface area contributed by atoms with Gasteiger partial charge in [-0.05, 0) is 81.0 Å². The number of rotatable bonds is 12. The quantitative estimate of drug-likeness (QED) is 0.152. The number of anilines is 1. The first-order valence-electron chi connectivity index (χ1n) is 11.3. The summed E-state index contributed by atoms with van der Waals surface area (Å²) >= 11 is 0. The summed E-state index contributed by atoms with van der Waals surface area (Å²) in [5.41, 5.74) is 7.69. The highest BCUT2D eigenvalue weighted by atomic mass is 127. The number of hydrogen-bond acceptors (Lipinski definition) is 4. The Labute approximate surface area is 213 Å². The van der Waals surface area contributed by atoms with E-state index in [0.29, 0.717) is 18.1 Å². The van der Waals surface area contributed by atoms with Crippen LogP contribution in [-0.2, 0) is 11.3 Å². The van der Waals surface area contributed by atoms with Crippen molar-refractivity contribution in [3.63, 3.8) is 0 Å². The highest BCUT2D eigenvalue weighted by Crippen LogP contribution is 2.28. The monoisotopic (exact) mass is 566 g/mol. The minimum atomic E-state index is -0.442. The minimum absolute atomic E-state index is 0. The highest BCUT2D eigenvalue weighted by Gasteiger charge is 2.20. The van der Waals surface area contributed by atoms with Crippen LogP contribution >= 0.6 is 24.0 Å². The summed E-state index contributed by atoms with van der Waals surface area (Å²) < 4.78 is 11.4. The van der Waals surface area contributed by atoms with E-state index in [-0.39, 0.29) is 30.1 Å². The lowest BCUT2D eigenvalue weighted by Crippen LogP contribution is -2.32. The van der Waals surface area contributed by atoms with E-state index in [2.05, 4.69) is 15.6 Å². The van der Waals surface area contributed by atoms with Gasteiger partial charge in [-0.2, -0.15) is 0 Å². The Morgan fingerprint density at radius 2 is 1.94 bits per heavy atom. The summed E-state index contributed by atoms with van der Waals surface area (Å²) in [5.74, 6) is 1.82. The fourth-order valence-electron chi connectivity index (χ4n) is 3.07. The van der Waals surface area contributed by atoms with Crippen molar-refractivity contribution in [2.45, 2.75) is 45.8 Å². The maximum absolute atomic E-state index is 11.4. The minimum Gasteiger partial charge on any atom is -0.491 e. The summed E-state index contributed by atoms with van der Waals surface area (Å²) in [6.07, 6.45) is 3.63. The van der Waals surface area contributed by atoms with Crippen molar-refractivity contribution in [3.05, 3.63) is 59.7 Å². The molecule has 1 amide bonds. The molecule has 0 aliphatic heterocycles. The zero-order chi connectivity index (χ0) is 22.8. The third kappa shape index (κ3) is 10.4. The summed E-state index contributed by atoms with van der Waals surface area (Å²) in [6, 6.07) is 15.0. The van der Waals surface area contributed by atoms with Crippen LogP contribution in [0.5, 0.6) is 5.75 Å². The van der Waals surface area contributed by atoms with Crippen LogP contribution in [-0.4, -0.2) is 37.7 Å². The summed E-state index contributed by atoms with van der Waals surface area (Å²) in [6.45, 7) is 6.78. The number of guanidine groups is 1. The fourth-order valence-corrected chi connectivity index (χ4v) is 3.07. The third-order valence-corrected chi connectivity index (χ3v) is 4.93. The lowest BCUT2D eigenvalue weighted by atomic mass is 10.1. The van der Waals surface area contributed by atoms with Crippen molar-refractivity contribution in [2.75, 3.05) is 25.1 Å². The molecule has 0 spiro atoms. The van der Waals surface area contributed by atoms with Crippen LogP contribution in [0.3, 0.4) is 0 Å². The van der Waals surface area contributed by atoms with Gasteiger partial charge in [0, 0.05) is 31.0 Å². The summed E-state index contributed by atoms with van der Waals surface area (Å²) in [4.78, 5) is 16.1. The zero-order valence-corrected chi connectivity index (χ0v) is 21.7. The molecule has 1 aliphatic rings. The first kappa shape index (κ1) is 26.9. The molecule has 2 aromatic rings. The van der Waals surface area contributed by atoms with Gasteiger partial charge in [0.15, 0.2) is 5.96 Å². The largest absolute Gasteiger partial charge is 0.491 e. The van der Waals surface area contributed by atoms with Gasteiger partial charge in [-0.25, -0.2) is 4.99 Å². The van der Waals surface area contributed by atoms with Gasteiger partial charge in [0.25, 0.3) is 0 Å². The molecule has 0 heterocycles. The number of aliphatic imine (C=N–C) groups is 1. The molecule has 8 heteroatoms. The van der Waals surface area contributed by atoms with Crippen LogP contribution in [0.25, 0.3) is 0 Å². The van der Waals surface area contributed by atoms with Crippen molar-refractivity contribution in [1.82, 2.24) is 5.32 Å². The molecule has 1 aliphatic carbocycles. The van der Waals surface area contributed by atoms with Gasteiger partial charge in [0.05, 0.1) is 12.6 Å². The van der Waals surface area contributed by atoms with Crippen molar-refractivity contribution < 1.29 is 14.3 Å². The smallest absolute Gasteiger partial charge is 0.248 e. The normalized spacial score (nSPS) is 13.4. The summed E-state index contributed by atoms with van der Waals surface area (Å²) in [7, 11) is 0. The number of halogens is 1. The first-order valence-corrected chi connectivity index (χ1v) is 11.3. The fraction of sp³-hybridized carbons (Fsp3) is 0.440. The van der Waals surface area contributed by atoms with Crippen LogP contribution in [0.4, 0.5) is 5.69 Å². The lowest BCUT2D eigenvalue weighted by Gasteiger charge is -2.14. The second-order valence-electron chi connectivity index (χ2n) is 8.34. The Hall–Kier alpha value is -2.33. The second kappa shape index (κ2) is 14.0. The number of primary amides is 1. The number of nitrogens with two attached hydrogens (primary N) is 1. The SMILES string of the molecule is CC(C)Oc1ccc(NC(=NCc2cccc(C(N)=O)c2)NCCCOCC2CC2)cc1.I. The van der Waals surface area contributed by atoms with Crippen LogP contribution in [0.1, 0.15) is 49.0 Å². The molecule has 180 valence electrons. The van der Waals surface area contributed by atoms with Gasteiger partial charge in [0.1, 0.15) is 5.75 Å². The van der Waals surface area contributed by atoms with Crippen molar-refractivity contribution in [1.29, 1.82) is 0 Å². The van der Waals surface area contributed by atoms with E-state index >= 15 is 0 Å². The first-order chi connectivity index (χ1) is 15.5. The molecule has 1 saturated carbocycles. The molecule has 0 unspecified atom stereocenters. The molecular formula is C25H35IN4O3. The van der Waals surface area contributed by atoms with E-state index < -0.39 is 5.91 Å². The number of hydrogen-bond donors (Lipinski definition) is 3. The van der Waals surface area contributed by atoms with Gasteiger partial charge in [-0.15, -0.1) is 24.0 Å². The lowest BCUT2D eigenvalue weighted by molar-refractivity contribution is 0.1000. The van der Waals surface area contributed by atoms with Crippen LogP contribution < -0.4 is 21.1 Å². The number of nitrogens with one attached hydrogen (secondary N) is 2. The molecule has 4 N–H and O–H groups in total. The van der Waals surface area contributed by atoms with Crippen LogP contribution in [0.15, 0.2) is 53.5 Å². The van der Waals surface area contributed by atoms with E-state index in [1.54, 1.807) is 12.1 Å². The van der Waals surface area contributed by atoms with E-state index in [1.807, 2.05) is 50.2 Å². The van der Waals surface area contributed by atoms with Gasteiger partial charge >= 0.3 is 0 Å². The number of benzene rings is 2. The molecule has 0 bridgehead atoms. The molecule has 0 atom stereocenters. The van der Waals surface area contributed by atoms with E-state index in [9.17, 15) is 4.79 Å². The maximum atomic E-state index is 11.4. The number of carbonyl (C=O) groups is 1. The van der Waals surface area contributed by atoms with Gasteiger partial charge in [-0.3, -0.25) is 4.79 Å². The van der Waals surface area contributed by atoms with Crippen LogP contribution in [0, 0.1) is 5.92 Å². The molecule has 2 aromatic carbocycles. The molecule has 0 saturated heterocycles. The average Bonchev–Trinajstić information content (AvgIpc) is 3.60. The molecular weight excluding hydrogens is 531 g/mol. The number of amides is 1. The van der Waals surface area contributed by atoms with Crippen molar-refractivity contribution in [2.24, 2.45) is 16.6 Å². The Bertz CT molecular complexity index is 899. The zero-order valence-electron chi connectivity index (χ0n) is 19.4. The molecule has 0 radical (unpaired) electrons. The molecule has 3 rings (SSSR count). The topological polar surface area (TPSA) is 98.0 Å². The Kier molecular flexibility index (Phi) is 11.5. The molecule has 0 aromatic heterocycles. The maximum Gasteiger partial charge on any atom is 0.248 e. The van der Waals surface area contributed by atoms with Crippen molar-refractivity contribution in [3.8, 4) is 5.75 Å². The number of carbonyl (C=O) groups excluding carboxylic acids is 1. The van der Waals surface area contributed by atoms with E-state index in [4.69, 9.17) is 15.2 Å². The van der Waals surface area contributed by atoms with Gasteiger partial charge in [0.2, 0.25) is 5.91 Å². The predicted molar refractivity (Wildman–Crippen MR) is 144 cm³/mol. The average molecular weight is 566 g/mol. The summed E-state index contributed by atoms with van der Waals surface area (Å²) in [5, 5.41) is 6.70. The van der Waals surface area contributed by atoms with Gasteiger partial charge < -0.3 is 25.8 Å². The van der Waals surface area contributed by atoms with Crippen molar-refractivity contribution >= 4 is 41.5 Å². The number of ether oxygens (including phenoxy) is 2. The highest BCUT2D eigenvalue weighted by molar-refractivity contribution is 14.0. The van der Waals surface area contributed by atoms with Gasteiger partial charge in [-0.1, -0.05) is 12.1 Å². The van der Waals surface area contributed by atoms with E-state index in [0.717, 1.165) is 49.1 Å². The third-order valence-electron chi connectivity index (χ3n) is 4.93. The van der Waals surface area contributed by atoms with Crippen LogP contribution in [0.2, 0.25) is 0 Å². The molecule has 7 nitrogen and oxygen atoms in total. The Balaban J connectivity index is 0.00000385. The second-order valence-corrected chi connectivity index (χ2v) is 8.34. The Morgan fingerprint density at radius 3 is 2.61 bits per heavy atom. The Morgan fingerprint density at radius 1 is 1.18 bits per heavy atom. The molecule has 33 heavy (non-hydrogen) atoms. The molecule has 1 fully saturated rings. The standard InChI is InChI=1S/C25H34N4O3.HI/c1-18(2)32-23-11-9-22(10-12-23)29-25(27-13-4-14-31-17-19-7-8-19)28-16-20-5-3-6-21(15-20)24(26)30;/h3,5-6,9-12,15,18-19H,4,7-8,13-14,16-17H2,1-2H3,(H2,26,30)(H2,27,28,29);1H. The predicted octanol–water partition coefficient (Wildman–Crippen LogP) is 4.57.